The lowest BCUT2D eigenvalue weighted by molar-refractivity contribution is -0.254. The molecule has 1 aromatic rings. The number of esters is 5. The zero-order valence-corrected chi connectivity index (χ0v) is 27.7. The van der Waals surface area contributed by atoms with Gasteiger partial charge in [-0.05, 0) is 34.9 Å². The molecule has 0 amide bonds. The number of benzene rings is 1. The largest absolute Gasteiger partial charge is 0.496 e. The van der Waals surface area contributed by atoms with E-state index in [-0.39, 0.29) is 18.8 Å². The Balaban J connectivity index is 1.92. The van der Waals surface area contributed by atoms with Crippen molar-refractivity contribution in [3.8, 4) is 22.6 Å². The van der Waals surface area contributed by atoms with Crippen molar-refractivity contribution in [1.82, 2.24) is 0 Å². The van der Waals surface area contributed by atoms with Gasteiger partial charge in [0.05, 0.1) is 26.9 Å². The van der Waals surface area contributed by atoms with E-state index in [1.54, 1.807) is 12.1 Å². The predicted octanol–water partition coefficient (Wildman–Crippen LogP) is 3.98. The molecule has 48 heavy (non-hydrogen) atoms. The summed E-state index contributed by atoms with van der Waals surface area (Å²) in [5.41, 5.74) is 3.34. The van der Waals surface area contributed by atoms with Gasteiger partial charge in [-0.25, -0.2) is 4.79 Å². The van der Waals surface area contributed by atoms with Crippen molar-refractivity contribution < 1.29 is 61.9 Å². The van der Waals surface area contributed by atoms with Gasteiger partial charge in [0.15, 0.2) is 18.3 Å². The number of hydrogen-bond acceptors (Lipinski definition) is 13. The molecular formula is C35H38O13. The van der Waals surface area contributed by atoms with Gasteiger partial charge in [-0.15, -0.1) is 0 Å². The highest BCUT2D eigenvalue weighted by atomic mass is 16.7. The molecule has 13 nitrogen and oxygen atoms in total. The smallest absolute Gasteiger partial charge is 0.338 e. The molecule has 13 heteroatoms. The molecule has 0 N–H and O–H groups in total. The van der Waals surface area contributed by atoms with Crippen LogP contribution >= 0.6 is 0 Å². The Kier molecular flexibility index (Phi) is 11.6. The lowest BCUT2D eigenvalue weighted by Gasteiger charge is -2.45. The van der Waals surface area contributed by atoms with Gasteiger partial charge in [0.1, 0.15) is 30.3 Å². The van der Waals surface area contributed by atoms with Crippen LogP contribution < -0.4 is 9.47 Å². The fraction of sp³-hybridized carbons (Fsp3) is 0.400. The third-order valence-corrected chi connectivity index (χ3v) is 7.72. The van der Waals surface area contributed by atoms with Gasteiger partial charge in [-0.1, -0.05) is 30.3 Å². The molecule has 0 saturated carbocycles. The number of fused-ring (bicyclic) bond motifs is 1. The Hall–Kier alpha value is -5.17. The first kappa shape index (κ1) is 35.7. The van der Waals surface area contributed by atoms with Crippen molar-refractivity contribution in [2.24, 2.45) is 0 Å². The standard InChI is InChI=1S/C35H38O13/c1-18(36)44-17-28-32(45-19(2)37)34(47-21(4)39)33(46-20(3)38)31(48-28)25-13-14-27(41-5)26(30(25)42-6)16-23-15-22-11-9-8-10-12-24(22)29(23)35(40)43-7/h8-15,28,31-34H,16-17H2,1-7H3/t28-,31+,32-,33+,34+/m1/s1. The summed E-state index contributed by atoms with van der Waals surface area (Å²) in [6.45, 7) is 4.27. The maximum absolute atomic E-state index is 13.1. The summed E-state index contributed by atoms with van der Waals surface area (Å²) in [7, 11) is 4.21. The zero-order valence-electron chi connectivity index (χ0n) is 27.7. The van der Waals surface area contributed by atoms with Crippen LogP contribution in [0.15, 0.2) is 48.5 Å². The molecule has 256 valence electrons. The molecule has 0 radical (unpaired) electrons. The van der Waals surface area contributed by atoms with Crippen molar-refractivity contribution in [3.63, 3.8) is 0 Å². The van der Waals surface area contributed by atoms with E-state index in [2.05, 4.69) is 0 Å². The van der Waals surface area contributed by atoms with E-state index >= 15 is 0 Å². The van der Waals surface area contributed by atoms with E-state index in [9.17, 15) is 24.0 Å². The molecule has 0 bridgehead atoms. The van der Waals surface area contributed by atoms with Gasteiger partial charge < -0.3 is 37.9 Å². The van der Waals surface area contributed by atoms with E-state index < -0.39 is 60.4 Å². The van der Waals surface area contributed by atoms with Crippen molar-refractivity contribution in [1.29, 1.82) is 0 Å². The molecule has 4 rings (SSSR count). The first-order chi connectivity index (χ1) is 22.9. The van der Waals surface area contributed by atoms with E-state index in [0.717, 1.165) is 19.4 Å². The van der Waals surface area contributed by atoms with E-state index in [4.69, 9.17) is 37.9 Å². The SMILES string of the molecule is COC(=O)c1c(Cc2c(OC)ccc([C@@H]3O[C@H](COC(C)=O)[C@@H](OC(C)=O)[C@H](OC(C)=O)[C@H]3OC(C)=O)c2OC)cc2cccccc1-2. The van der Waals surface area contributed by atoms with Crippen molar-refractivity contribution in [3.05, 3.63) is 70.8 Å². The Bertz CT molecular complexity index is 1650. The third-order valence-electron chi connectivity index (χ3n) is 7.72. The number of hydrogen-bond donors (Lipinski definition) is 0. The van der Waals surface area contributed by atoms with Gasteiger partial charge in [-0.2, -0.15) is 0 Å². The van der Waals surface area contributed by atoms with E-state index in [1.807, 2.05) is 36.4 Å². The highest BCUT2D eigenvalue weighted by Crippen LogP contribution is 2.45. The van der Waals surface area contributed by atoms with Gasteiger partial charge >= 0.3 is 29.8 Å². The van der Waals surface area contributed by atoms with Crippen molar-refractivity contribution in [2.45, 2.75) is 64.6 Å². The summed E-state index contributed by atoms with van der Waals surface area (Å²) in [5.74, 6) is -2.73. The van der Waals surface area contributed by atoms with Gasteiger partial charge in [0, 0.05) is 45.2 Å². The molecular weight excluding hydrogens is 628 g/mol. The molecule has 1 fully saturated rings. The summed E-state index contributed by atoms with van der Waals surface area (Å²) in [6.07, 6.45) is -6.29. The normalized spacial score (nSPS) is 20.3. The fourth-order valence-electron chi connectivity index (χ4n) is 5.95. The molecule has 0 spiro atoms. The summed E-state index contributed by atoms with van der Waals surface area (Å²) in [5, 5.41) is 0. The van der Waals surface area contributed by atoms with Crippen LogP contribution in [0, 0.1) is 0 Å². The molecule has 1 aromatic carbocycles. The molecule has 3 aliphatic rings. The predicted molar refractivity (Wildman–Crippen MR) is 168 cm³/mol. The van der Waals surface area contributed by atoms with E-state index in [1.165, 1.54) is 35.2 Å². The quantitative estimate of drug-likeness (QED) is 0.214. The number of ether oxygens (including phenoxy) is 8. The maximum Gasteiger partial charge on any atom is 0.338 e. The minimum absolute atomic E-state index is 0.133. The average Bonchev–Trinajstić information content (AvgIpc) is 3.20. The lowest BCUT2D eigenvalue weighted by Crippen LogP contribution is -2.59. The Morgan fingerprint density at radius 1 is 0.729 bits per heavy atom. The first-order valence-corrected chi connectivity index (χ1v) is 15.0. The minimum atomic E-state index is -1.38. The highest BCUT2D eigenvalue weighted by Gasteiger charge is 2.53. The molecule has 2 aliphatic carbocycles. The fourth-order valence-corrected chi connectivity index (χ4v) is 5.95. The van der Waals surface area contributed by atoms with Crippen LogP contribution in [0.25, 0.3) is 11.1 Å². The maximum atomic E-state index is 13.1. The van der Waals surface area contributed by atoms with Crippen LogP contribution in [-0.4, -0.2) is 82.2 Å². The van der Waals surface area contributed by atoms with Crippen LogP contribution in [-0.2, 0) is 54.0 Å². The molecule has 1 aliphatic heterocycles. The second-order valence-corrected chi connectivity index (χ2v) is 11.0. The average molecular weight is 667 g/mol. The molecule has 0 aromatic heterocycles. The number of carbonyl (C=O) groups excluding carboxylic acids is 5. The highest BCUT2D eigenvalue weighted by molar-refractivity contribution is 6.01. The Labute approximate surface area is 277 Å². The number of methoxy groups -OCH3 is 3. The van der Waals surface area contributed by atoms with Crippen LogP contribution in [0.5, 0.6) is 11.5 Å². The number of rotatable bonds is 11. The van der Waals surface area contributed by atoms with Crippen LogP contribution in [0.3, 0.4) is 0 Å². The topological polar surface area (TPSA) is 159 Å². The van der Waals surface area contributed by atoms with E-state index in [0.29, 0.717) is 33.6 Å². The molecule has 0 unspecified atom stereocenters. The van der Waals surface area contributed by atoms with Crippen LogP contribution in [0.1, 0.15) is 60.8 Å². The van der Waals surface area contributed by atoms with Crippen LogP contribution in [0.2, 0.25) is 0 Å². The van der Waals surface area contributed by atoms with Crippen molar-refractivity contribution >= 4 is 29.8 Å². The summed E-state index contributed by atoms with van der Waals surface area (Å²) < 4.78 is 45.3. The monoisotopic (exact) mass is 666 g/mol. The number of carbonyl (C=O) groups is 5. The van der Waals surface area contributed by atoms with Crippen LogP contribution in [0.4, 0.5) is 0 Å². The lowest BCUT2D eigenvalue weighted by atomic mass is 9.88. The van der Waals surface area contributed by atoms with Gasteiger partial charge in [0.2, 0.25) is 0 Å². The second-order valence-electron chi connectivity index (χ2n) is 11.0. The Morgan fingerprint density at radius 3 is 1.98 bits per heavy atom. The molecule has 1 saturated heterocycles. The Morgan fingerprint density at radius 2 is 1.38 bits per heavy atom. The third kappa shape index (κ3) is 7.85. The summed E-state index contributed by atoms with van der Waals surface area (Å²) >= 11 is 0. The summed E-state index contributed by atoms with van der Waals surface area (Å²) in [6, 6.07) is 14.4. The minimum Gasteiger partial charge on any atom is -0.496 e. The van der Waals surface area contributed by atoms with Gasteiger partial charge in [-0.3, -0.25) is 19.2 Å². The summed E-state index contributed by atoms with van der Waals surface area (Å²) in [4.78, 5) is 61.9. The first-order valence-electron chi connectivity index (χ1n) is 15.0. The molecule has 1 heterocycles. The second kappa shape index (κ2) is 15.6. The molecule has 5 atom stereocenters. The zero-order chi connectivity index (χ0) is 35.1. The van der Waals surface area contributed by atoms with Gasteiger partial charge in [0.25, 0.3) is 0 Å². The van der Waals surface area contributed by atoms with Crippen molar-refractivity contribution in [2.75, 3.05) is 27.9 Å².